The minimum atomic E-state index is -0.721. The summed E-state index contributed by atoms with van der Waals surface area (Å²) in [5.41, 5.74) is -0.0513. The molecule has 0 aromatic carbocycles. The van der Waals surface area contributed by atoms with Crippen molar-refractivity contribution in [3.05, 3.63) is 22.4 Å². The van der Waals surface area contributed by atoms with Crippen molar-refractivity contribution in [3.63, 3.8) is 0 Å². The third kappa shape index (κ3) is 1.53. The van der Waals surface area contributed by atoms with Crippen LogP contribution in [0.4, 0.5) is 4.79 Å². The molecule has 0 unspecified atom stereocenters. The second kappa shape index (κ2) is 4.51. The van der Waals surface area contributed by atoms with Gasteiger partial charge in [-0.2, -0.15) is 0 Å². The molecule has 2 fully saturated rings. The maximum atomic E-state index is 12.7. The van der Waals surface area contributed by atoms with Crippen LogP contribution in [0.25, 0.3) is 0 Å². The minimum Gasteiger partial charge on any atom is -0.356 e. The van der Waals surface area contributed by atoms with Crippen LogP contribution in [-0.2, 0) is 4.74 Å². The molecule has 4 atom stereocenters. The molecule has 1 aliphatic carbocycles. The summed E-state index contributed by atoms with van der Waals surface area (Å²) >= 11 is 3.55. The fourth-order valence-electron chi connectivity index (χ4n) is 4.71. The van der Waals surface area contributed by atoms with Crippen LogP contribution >= 0.6 is 15.9 Å². The number of urea groups is 1. The molecule has 3 aliphatic rings. The van der Waals surface area contributed by atoms with Gasteiger partial charge in [-0.3, -0.25) is 9.69 Å². The van der Waals surface area contributed by atoms with E-state index in [1.807, 2.05) is 23.7 Å². The molecule has 23 heavy (non-hydrogen) atoms. The molecule has 4 rings (SSSR count). The summed E-state index contributed by atoms with van der Waals surface area (Å²) in [6, 6.07) is 3.39. The number of likely N-dealkylation sites (N-methyl/N-ethyl adjacent to an activating group) is 3. The van der Waals surface area contributed by atoms with Gasteiger partial charge in [0.15, 0.2) is 5.72 Å². The Bertz CT molecular complexity index is 720. The Morgan fingerprint density at radius 3 is 2.57 bits per heavy atom. The average molecular weight is 383 g/mol. The number of nitrogens with zero attached hydrogens (tertiary/aromatic N) is 4. The molecule has 124 valence electrons. The minimum absolute atomic E-state index is 0.0285. The Morgan fingerprint density at radius 2 is 1.91 bits per heavy atom. The van der Waals surface area contributed by atoms with Crippen LogP contribution in [0.2, 0.25) is 0 Å². The van der Waals surface area contributed by atoms with E-state index < -0.39 is 5.72 Å². The van der Waals surface area contributed by atoms with Gasteiger partial charge in [-0.15, -0.1) is 0 Å². The van der Waals surface area contributed by atoms with Crippen molar-refractivity contribution in [2.24, 2.45) is 0 Å². The number of amides is 3. The highest BCUT2D eigenvalue weighted by Crippen LogP contribution is 2.52. The maximum Gasteiger partial charge on any atom is 0.322 e. The highest BCUT2D eigenvalue weighted by atomic mass is 79.9. The van der Waals surface area contributed by atoms with Crippen LogP contribution in [-0.4, -0.2) is 77.3 Å². The molecular formula is C15H19BrN4O3. The van der Waals surface area contributed by atoms with Crippen molar-refractivity contribution in [2.45, 2.75) is 30.3 Å². The first-order valence-corrected chi connectivity index (χ1v) is 8.34. The predicted octanol–water partition coefficient (Wildman–Crippen LogP) is 1.36. The van der Waals surface area contributed by atoms with Gasteiger partial charge in [-0.1, -0.05) is 0 Å². The zero-order valence-corrected chi connectivity index (χ0v) is 15.1. The summed E-state index contributed by atoms with van der Waals surface area (Å²) in [6.45, 7) is 0. The summed E-state index contributed by atoms with van der Waals surface area (Å²) in [5, 5.41) is 0. The molecule has 1 saturated heterocycles. The van der Waals surface area contributed by atoms with Gasteiger partial charge in [0.2, 0.25) is 0 Å². The molecule has 0 spiro atoms. The molecule has 2 aliphatic heterocycles. The monoisotopic (exact) mass is 382 g/mol. The molecule has 1 saturated carbocycles. The summed E-state index contributed by atoms with van der Waals surface area (Å²) in [7, 11) is 7.01. The predicted molar refractivity (Wildman–Crippen MR) is 86.1 cm³/mol. The van der Waals surface area contributed by atoms with Crippen LogP contribution in [0, 0.1) is 0 Å². The number of rotatable bonds is 1. The fourth-order valence-corrected chi connectivity index (χ4v) is 5.29. The Kier molecular flexibility index (Phi) is 2.94. The lowest BCUT2D eigenvalue weighted by molar-refractivity contribution is -0.0993. The third-order valence-corrected chi connectivity index (χ3v) is 6.44. The fraction of sp³-hybridized carbons (Fsp3) is 0.600. The number of aromatic nitrogens is 1. The highest BCUT2D eigenvalue weighted by molar-refractivity contribution is 9.10. The standard InChI is InChI=1S/C15H19BrN4O3/c1-17-11-9(20-8(13(17)21)5-6-10(20)16)7-15(23-4)12(11)18(2)14(22)19(15)3/h5-6,9,11-12H,7H2,1-4H3/t9-,11-,12-,15-/m1/s1. The SMILES string of the molecule is CO[C@]12C[C@@H]3[C@H]([C@H]1N(C)C(=O)N2C)N(C)C(=O)c1ccc(Br)n13. The topological polar surface area (TPSA) is 58.0 Å². The van der Waals surface area contributed by atoms with E-state index in [4.69, 9.17) is 4.74 Å². The second-order valence-electron chi connectivity index (χ2n) is 6.54. The van der Waals surface area contributed by atoms with Gasteiger partial charge < -0.3 is 19.1 Å². The van der Waals surface area contributed by atoms with E-state index in [9.17, 15) is 9.59 Å². The number of carbonyl (C=O) groups is 2. The number of carbonyl (C=O) groups excluding carboxylic acids is 2. The van der Waals surface area contributed by atoms with Gasteiger partial charge in [0, 0.05) is 34.7 Å². The summed E-state index contributed by atoms with van der Waals surface area (Å²) in [4.78, 5) is 30.4. The van der Waals surface area contributed by atoms with E-state index in [-0.39, 0.29) is 30.1 Å². The van der Waals surface area contributed by atoms with Crippen LogP contribution < -0.4 is 0 Å². The third-order valence-electron chi connectivity index (χ3n) is 5.80. The number of halogens is 1. The molecule has 3 heterocycles. The molecule has 1 aromatic heterocycles. The second-order valence-corrected chi connectivity index (χ2v) is 7.35. The van der Waals surface area contributed by atoms with E-state index in [0.29, 0.717) is 12.1 Å². The van der Waals surface area contributed by atoms with E-state index in [1.165, 1.54) is 0 Å². The quantitative estimate of drug-likeness (QED) is 0.736. The lowest BCUT2D eigenvalue weighted by Crippen LogP contribution is -2.57. The smallest absolute Gasteiger partial charge is 0.322 e. The lowest BCUT2D eigenvalue weighted by atomic mass is 10.0. The number of hydrogen-bond donors (Lipinski definition) is 0. The molecule has 0 bridgehead atoms. The first-order chi connectivity index (χ1) is 10.8. The molecule has 8 heteroatoms. The lowest BCUT2D eigenvalue weighted by Gasteiger charge is -2.40. The molecule has 3 amide bonds. The van der Waals surface area contributed by atoms with Gasteiger partial charge in [-0.05, 0) is 28.1 Å². The van der Waals surface area contributed by atoms with E-state index in [2.05, 4.69) is 15.9 Å². The molecule has 0 N–H and O–H groups in total. The highest BCUT2D eigenvalue weighted by Gasteiger charge is 2.68. The largest absolute Gasteiger partial charge is 0.356 e. The van der Waals surface area contributed by atoms with Crippen LogP contribution in [0.1, 0.15) is 23.0 Å². The Hall–Kier alpha value is -1.54. The van der Waals surface area contributed by atoms with Crippen LogP contribution in [0.3, 0.4) is 0 Å². The first-order valence-electron chi connectivity index (χ1n) is 7.55. The zero-order chi connectivity index (χ0) is 16.7. The van der Waals surface area contributed by atoms with Gasteiger partial charge in [-0.25, -0.2) is 4.79 Å². The Morgan fingerprint density at radius 1 is 1.22 bits per heavy atom. The molecular weight excluding hydrogens is 364 g/mol. The number of ether oxygens (including phenoxy) is 1. The zero-order valence-electron chi connectivity index (χ0n) is 13.5. The van der Waals surface area contributed by atoms with Crippen molar-refractivity contribution in [2.75, 3.05) is 28.3 Å². The molecule has 0 radical (unpaired) electrons. The van der Waals surface area contributed by atoms with Crippen LogP contribution in [0.5, 0.6) is 0 Å². The first kappa shape index (κ1) is 15.0. The number of fused-ring (bicyclic) bond motifs is 5. The van der Waals surface area contributed by atoms with Gasteiger partial charge >= 0.3 is 6.03 Å². The molecule has 1 aromatic rings. The van der Waals surface area contributed by atoms with Crippen LogP contribution in [0.15, 0.2) is 16.7 Å². The Balaban J connectivity index is 1.91. The van der Waals surface area contributed by atoms with Gasteiger partial charge in [0.1, 0.15) is 11.7 Å². The summed E-state index contributed by atoms with van der Waals surface area (Å²) in [5.74, 6) is -0.0285. The number of hydrogen-bond acceptors (Lipinski definition) is 3. The van der Waals surface area contributed by atoms with Gasteiger partial charge in [0.05, 0.1) is 16.7 Å². The van der Waals surface area contributed by atoms with E-state index >= 15 is 0 Å². The van der Waals surface area contributed by atoms with Crippen molar-refractivity contribution in [1.82, 2.24) is 19.3 Å². The maximum absolute atomic E-state index is 12.7. The molecule has 7 nitrogen and oxygen atoms in total. The average Bonchev–Trinajstić information content (AvgIpc) is 3.13. The van der Waals surface area contributed by atoms with Crippen molar-refractivity contribution in [3.8, 4) is 0 Å². The van der Waals surface area contributed by atoms with Crippen molar-refractivity contribution in [1.29, 1.82) is 0 Å². The Labute approximate surface area is 142 Å². The van der Waals surface area contributed by atoms with Gasteiger partial charge in [0.25, 0.3) is 5.91 Å². The normalized spacial score (nSPS) is 35.7. The summed E-state index contributed by atoms with van der Waals surface area (Å²) < 4.78 is 8.80. The number of methoxy groups -OCH3 is 1. The van der Waals surface area contributed by atoms with Crippen molar-refractivity contribution < 1.29 is 14.3 Å². The van der Waals surface area contributed by atoms with Crippen molar-refractivity contribution >= 4 is 27.9 Å². The summed E-state index contributed by atoms with van der Waals surface area (Å²) in [6.07, 6.45) is 0.642. The van der Waals surface area contributed by atoms with E-state index in [1.54, 1.807) is 35.9 Å². The van der Waals surface area contributed by atoms with E-state index in [0.717, 1.165) is 4.60 Å².